The molecular weight excluding hydrogens is 196 g/mol. The number of halogens is 1. The minimum atomic E-state index is -2.61. The van der Waals surface area contributed by atoms with Gasteiger partial charge in [-0.15, -0.1) is 12.4 Å². The van der Waals surface area contributed by atoms with E-state index in [0.717, 1.165) is 0 Å². The van der Waals surface area contributed by atoms with Crippen LogP contribution in [0.3, 0.4) is 0 Å². The zero-order valence-electron chi connectivity index (χ0n) is 7.53. The van der Waals surface area contributed by atoms with E-state index in [4.69, 9.17) is 13.3 Å². The van der Waals surface area contributed by atoms with Crippen LogP contribution in [0, 0.1) is 0 Å². The van der Waals surface area contributed by atoms with Gasteiger partial charge in [0.25, 0.3) is 11.4 Å². The third-order valence-corrected chi connectivity index (χ3v) is 0. The molecule has 7 heteroatoms. The Balaban J connectivity index is -0.00000000214. The monoisotopic (exact) mass is 202 g/mol. The van der Waals surface area contributed by atoms with Crippen LogP contribution >= 0.6 is 12.4 Å². The third-order valence-electron chi connectivity index (χ3n) is 0. The minimum Gasteiger partial charge on any atom is -1.00 e. The first-order valence-corrected chi connectivity index (χ1v) is 1.60. The summed E-state index contributed by atoms with van der Waals surface area (Å²) < 4.78 is 22.8. The van der Waals surface area contributed by atoms with Crippen LogP contribution in [0.15, 0.2) is 0 Å². The summed E-state index contributed by atoms with van der Waals surface area (Å²) in [6.07, 6.45) is 0. The molecule has 0 aliphatic carbocycles. The molecule has 0 bridgehead atoms. The minimum absolute atomic E-state index is 0. The molecule has 0 amide bonds. The summed E-state index contributed by atoms with van der Waals surface area (Å²) in [7, 11) is 0. The topological polar surface area (TPSA) is 57.5 Å². The van der Waals surface area contributed by atoms with Crippen LogP contribution < -0.4 is 0 Å². The molecule has 0 unspecified atom stereocenters. The van der Waals surface area contributed by atoms with E-state index in [-0.39, 0.29) is 93.6 Å². The Labute approximate surface area is 116 Å². The van der Waals surface area contributed by atoms with Crippen LogP contribution in [-0.4, -0.2) is 88.8 Å². The number of hydrogen-bond donors (Lipinski definition) is 2. The van der Waals surface area contributed by atoms with Crippen LogP contribution in [0.2, 0.25) is 0 Å². The molecule has 0 heterocycles. The van der Waals surface area contributed by atoms with Gasteiger partial charge in [-0.2, -0.15) is 4.21 Å². The van der Waals surface area contributed by atoms with Crippen LogP contribution in [0.1, 0.15) is 5.71 Å². The maximum atomic E-state index is 8.67. The first kappa shape index (κ1) is 22.5. The van der Waals surface area contributed by atoms with Crippen molar-refractivity contribution >= 4 is 99.2 Å². The van der Waals surface area contributed by atoms with Gasteiger partial charge in [0.05, 0.1) is 0 Å². The van der Waals surface area contributed by atoms with Crippen molar-refractivity contribution in [2.75, 3.05) is 0 Å². The molecule has 0 fully saturated rings. The van der Waals surface area contributed by atoms with Crippen molar-refractivity contribution in [1.82, 2.24) is 0 Å². The van der Waals surface area contributed by atoms with Gasteiger partial charge in [0.2, 0.25) is 0 Å². The van der Waals surface area contributed by atoms with Crippen LogP contribution in [0.5, 0.6) is 0 Å². The molecule has 0 aromatic carbocycles. The maximum absolute atomic E-state index is 8.67. The Morgan fingerprint density at radius 1 is 1.29 bits per heavy atom. The molecule has 0 atom stereocenters. The molecule has 0 saturated carbocycles. The second-order valence-electron chi connectivity index (χ2n) is 0.231. The molecule has 7 heavy (non-hydrogen) atoms. The maximum Gasteiger partial charge on any atom is 2.00 e. The molecule has 0 aromatic heterocycles. The van der Waals surface area contributed by atoms with Gasteiger partial charge in [0.15, 0.2) is 0 Å². The zero-order valence-corrected chi connectivity index (χ0v) is 9.58. The fourth-order valence-corrected chi connectivity index (χ4v) is 0. The predicted octanol–water partition coefficient (Wildman–Crippen LogP) is -0.209. The third kappa shape index (κ3) is 50.7. The predicted molar refractivity (Wildman–Crippen MR) is 36.6 cm³/mol. The average molecular weight is 203 g/mol. The Morgan fingerprint density at radius 3 is 1.29 bits per heavy atom. The van der Waals surface area contributed by atoms with E-state index in [9.17, 15) is 0 Å². The zero-order chi connectivity index (χ0) is 3.58. The van der Waals surface area contributed by atoms with E-state index in [1.165, 1.54) is 0 Å². The molecule has 0 saturated heterocycles. The van der Waals surface area contributed by atoms with Crippen molar-refractivity contribution in [2.24, 2.45) is 0 Å². The van der Waals surface area contributed by atoms with Crippen molar-refractivity contribution in [3.8, 4) is 0 Å². The fraction of sp³-hybridized carbons (Fsp3) is 0. The van der Waals surface area contributed by atoms with Gasteiger partial charge in [-0.25, -0.2) is 0 Å². The smallest absolute Gasteiger partial charge is 1.00 e. The van der Waals surface area contributed by atoms with Gasteiger partial charge in [0, 0.05) is 0 Å². The molecular formula is H7Ca2ClO3S. The van der Waals surface area contributed by atoms with Crippen molar-refractivity contribution < 1.29 is 19.0 Å². The molecule has 0 aliphatic heterocycles. The van der Waals surface area contributed by atoms with Crippen molar-refractivity contribution in [3.63, 3.8) is 0 Å². The van der Waals surface area contributed by atoms with Gasteiger partial charge in [0.1, 0.15) is 0 Å². The number of hydrogen-bond acceptors (Lipinski definition) is 1. The van der Waals surface area contributed by atoms with Crippen LogP contribution in [0.4, 0.5) is 0 Å². The molecule has 0 radical (unpaired) electrons. The Kier molecular flexibility index (Phi) is 51.3. The summed E-state index contributed by atoms with van der Waals surface area (Å²) in [6, 6.07) is 0. The SMILES string of the molecule is Cl.O=S(O)O.[Ca+2].[Ca+2].[H-].[H-].[H-].[H-]. The summed E-state index contributed by atoms with van der Waals surface area (Å²) >= 11 is -2.61. The van der Waals surface area contributed by atoms with Gasteiger partial charge in [-0.3, -0.25) is 9.11 Å². The van der Waals surface area contributed by atoms with E-state index in [2.05, 4.69) is 0 Å². The average Bonchev–Trinajstić information content (AvgIpc) is 0.811. The largest absolute Gasteiger partial charge is 2.00 e. The molecule has 0 aliphatic rings. The van der Waals surface area contributed by atoms with Gasteiger partial charge in [-0.05, 0) is 0 Å². The second-order valence-corrected chi connectivity index (χ2v) is 0.692. The Morgan fingerprint density at radius 2 is 1.29 bits per heavy atom. The first-order valence-electron chi connectivity index (χ1n) is 0.532. The summed E-state index contributed by atoms with van der Waals surface area (Å²) in [5.74, 6) is 0. The molecule has 0 aromatic rings. The number of rotatable bonds is 0. The van der Waals surface area contributed by atoms with Gasteiger partial charge in [-0.1, -0.05) is 0 Å². The Hall–Kier alpha value is 2.88. The van der Waals surface area contributed by atoms with Crippen molar-refractivity contribution in [1.29, 1.82) is 0 Å². The standard InChI is InChI=1S/2Ca.ClH.H2O3S.4H/c;;;1-4(2)3;;;;/h;;1H;(H2,1,2,3);;;;/q2*+2;;;4*-1. The fourth-order valence-electron chi connectivity index (χ4n) is 0. The molecule has 2 N–H and O–H groups in total. The summed E-state index contributed by atoms with van der Waals surface area (Å²) in [4.78, 5) is 0. The van der Waals surface area contributed by atoms with E-state index >= 15 is 0 Å². The molecule has 0 spiro atoms. The summed E-state index contributed by atoms with van der Waals surface area (Å²) in [5.41, 5.74) is 0. The molecule has 3 nitrogen and oxygen atoms in total. The van der Waals surface area contributed by atoms with Gasteiger partial charge >= 0.3 is 75.5 Å². The summed E-state index contributed by atoms with van der Waals surface area (Å²) in [6.45, 7) is 0. The van der Waals surface area contributed by atoms with Crippen molar-refractivity contribution in [2.45, 2.75) is 0 Å². The van der Waals surface area contributed by atoms with Crippen molar-refractivity contribution in [3.05, 3.63) is 0 Å². The normalized spacial score (nSPS) is 5.00. The Bertz CT molecular complexity index is 46.3. The molecule has 0 rings (SSSR count). The summed E-state index contributed by atoms with van der Waals surface area (Å²) in [5, 5.41) is 0. The van der Waals surface area contributed by atoms with E-state index < -0.39 is 11.4 Å². The first-order chi connectivity index (χ1) is 1.73. The van der Waals surface area contributed by atoms with E-state index in [1.54, 1.807) is 0 Å². The molecule has 42 valence electrons. The van der Waals surface area contributed by atoms with E-state index in [1.807, 2.05) is 0 Å². The second kappa shape index (κ2) is 15.9. The van der Waals surface area contributed by atoms with Crippen LogP contribution in [-0.2, 0) is 11.4 Å². The van der Waals surface area contributed by atoms with Gasteiger partial charge < -0.3 is 5.71 Å². The van der Waals surface area contributed by atoms with E-state index in [0.29, 0.717) is 0 Å². The quantitative estimate of drug-likeness (QED) is 0.422. The van der Waals surface area contributed by atoms with Crippen LogP contribution in [0.25, 0.3) is 0 Å².